The van der Waals surface area contributed by atoms with Gasteiger partial charge in [0.25, 0.3) is 0 Å². The zero-order valence-corrected chi connectivity index (χ0v) is 12.5. The van der Waals surface area contributed by atoms with E-state index in [1.54, 1.807) is 17.6 Å². The molecule has 21 heavy (non-hydrogen) atoms. The minimum atomic E-state index is -0.689. The second kappa shape index (κ2) is 6.41. The maximum atomic E-state index is 10.7. The largest absolute Gasteiger partial charge is 0.481 e. The molecule has 1 N–H and O–H groups in total. The van der Waals surface area contributed by atoms with Crippen LogP contribution in [0, 0.1) is 5.92 Å². The molecular weight excluding hydrogens is 288 g/mol. The highest BCUT2D eigenvalue weighted by Gasteiger charge is 2.22. The van der Waals surface area contributed by atoms with Gasteiger partial charge in [0.15, 0.2) is 0 Å². The lowest BCUT2D eigenvalue weighted by molar-refractivity contribution is -0.138. The first-order chi connectivity index (χ1) is 10.2. The van der Waals surface area contributed by atoms with Crippen molar-refractivity contribution in [2.45, 2.75) is 25.8 Å². The standard InChI is InChI=1S/C15H18N2O3S/c18-14(19)8-11-3-5-17(6-4-11)9-12-10-20-15(16-12)13-2-1-7-21-13/h1-2,7,10-11H,3-6,8-9H2,(H,18,19). The molecule has 0 saturated carbocycles. The molecule has 1 fully saturated rings. The maximum absolute atomic E-state index is 10.7. The molecule has 0 bridgehead atoms. The Kier molecular flexibility index (Phi) is 4.36. The molecule has 0 atom stereocenters. The van der Waals surface area contributed by atoms with Gasteiger partial charge in [0.05, 0.1) is 10.6 Å². The number of piperidine rings is 1. The predicted octanol–water partition coefficient (Wildman–Crippen LogP) is 3.09. The van der Waals surface area contributed by atoms with E-state index in [-0.39, 0.29) is 0 Å². The molecule has 3 heterocycles. The molecule has 3 rings (SSSR count). The van der Waals surface area contributed by atoms with Gasteiger partial charge in [-0.05, 0) is 43.3 Å². The number of aliphatic carboxylic acids is 1. The van der Waals surface area contributed by atoms with Crippen molar-refractivity contribution in [3.8, 4) is 10.8 Å². The molecule has 2 aromatic rings. The Morgan fingerprint density at radius 2 is 2.29 bits per heavy atom. The van der Waals surface area contributed by atoms with Crippen LogP contribution < -0.4 is 0 Å². The van der Waals surface area contributed by atoms with Crippen molar-refractivity contribution in [2.24, 2.45) is 5.92 Å². The average Bonchev–Trinajstić information content (AvgIpc) is 3.11. The van der Waals surface area contributed by atoms with Crippen LogP contribution in [-0.2, 0) is 11.3 Å². The van der Waals surface area contributed by atoms with Gasteiger partial charge in [-0.25, -0.2) is 4.98 Å². The maximum Gasteiger partial charge on any atom is 0.303 e. The molecule has 0 aliphatic carbocycles. The number of rotatable bonds is 5. The highest BCUT2D eigenvalue weighted by atomic mass is 32.1. The summed E-state index contributed by atoms with van der Waals surface area (Å²) in [7, 11) is 0. The second-order valence-electron chi connectivity index (χ2n) is 5.44. The van der Waals surface area contributed by atoms with E-state index in [1.807, 2.05) is 17.5 Å². The summed E-state index contributed by atoms with van der Waals surface area (Å²) in [5.41, 5.74) is 0.940. The van der Waals surface area contributed by atoms with Crippen LogP contribution in [0.3, 0.4) is 0 Å². The summed E-state index contributed by atoms with van der Waals surface area (Å²) >= 11 is 1.62. The van der Waals surface area contributed by atoms with E-state index < -0.39 is 5.97 Å². The Balaban J connectivity index is 1.53. The van der Waals surface area contributed by atoms with E-state index in [9.17, 15) is 4.79 Å². The third-order valence-corrected chi connectivity index (χ3v) is 4.70. The first-order valence-electron chi connectivity index (χ1n) is 7.13. The molecule has 0 aromatic carbocycles. The van der Waals surface area contributed by atoms with E-state index in [0.29, 0.717) is 18.2 Å². The molecular formula is C15H18N2O3S. The molecule has 112 valence electrons. The van der Waals surface area contributed by atoms with E-state index in [1.165, 1.54) is 0 Å². The number of carbonyl (C=O) groups is 1. The van der Waals surface area contributed by atoms with E-state index in [0.717, 1.165) is 43.0 Å². The zero-order valence-electron chi connectivity index (χ0n) is 11.7. The number of thiophene rings is 1. The van der Waals surface area contributed by atoms with Gasteiger partial charge in [-0.3, -0.25) is 9.69 Å². The Labute approximate surface area is 127 Å². The first kappa shape index (κ1) is 14.3. The van der Waals surface area contributed by atoms with Crippen molar-refractivity contribution in [3.05, 3.63) is 29.5 Å². The number of aromatic nitrogens is 1. The van der Waals surface area contributed by atoms with Crippen LogP contribution in [0.5, 0.6) is 0 Å². The molecule has 1 saturated heterocycles. The number of oxazole rings is 1. The lowest BCUT2D eigenvalue weighted by Crippen LogP contribution is -2.34. The van der Waals surface area contributed by atoms with E-state index in [2.05, 4.69) is 9.88 Å². The summed E-state index contributed by atoms with van der Waals surface area (Å²) in [5, 5.41) is 10.8. The van der Waals surface area contributed by atoms with Gasteiger partial charge in [-0.15, -0.1) is 11.3 Å². The monoisotopic (exact) mass is 306 g/mol. The first-order valence-corrected chi connectivity index (χ1v) is 8.01. The van der Waals surface area contributed by atoms with Gasteiger partial charge in [0, 0.05) is 13.0 Å². The van der Waals surface area contributed by atoms with Crippen molar-refractivity contribution in [1.82, 2.24) is 9.88 Å². The van der Waals surface area contributed by atoms with E-state index in [4.69, 9.17) is 9.52 Å². The third-order valence-electron chi connectivity index (χ3n) is 3.84. The van der Waals surface area contributed by atoms with Crippen molar-refractivity contribution in [2.75, 3.05) is 13.1 Å². The second-order valence-corrected chi connectivity index (χ2v) is 6.39. The fraction of sp³-hybridized carbons (Fsp3) is 0.467. The number of carboxylic acids is 1. The van der Waals surface area contributed by atoms with Gasteiger partial charge in [0.1, 0.15) is 6.26 Å². The van der Waals surface area contributed by atoms with Gasteiger partial charge >= 0.3 is 5.97 Å². The fourth-order valence-electron chi connectivity index (χ4n) is 2.72. The van der Waals surface area contributed by atoms with Crippen LogP contribution in [0.1, 0.15) is 25.0 Å². The van der Waals surface area contributed by atoms with Gasteiger partial charge in [-0.1, -0.05) is 6.07 Å². The topological polar surface area (TPSA) is 66.6 Å². The SMILES string of the molecule is O=C(O)CC1CCN(Cc2coc(-c3cccs3)n2)CC1. The highest BCUT2D eigenvalue weighted by molar-refractivity contribution is 7.13. The minimum Gasteiger partial charge on any atom is -0.481 e. The summed E-state index contributed by atoms with van der Waals surface area (Å²) in [4.78, 5) is 18.6. The fourth-order valence-corrected chi connectivity index (χ4v) is 3.37. The van der Waals surface area contributed by atoms with Crippen LogP contribution in [0.25, 0.3) is 10.8 Å². The van der Waals surface area contributed by atoms with Crippen molar-refractivity contribution >= 4 is 17.3 Å². The molecule has 1 aliphatic rings. The molecule has 0 amide bonds. The Morgan fingerprint density at radius 1 is 1.48 bits per heavy atom. The smallest absolute Gasteiger partial charge is 0.303 e. The molecule has 2 aromatic heterocycles. The molecule has 5 nitrogen and oxygen atoms in total. The number of hydrogen-bond acceptors (Lipinski definition) is 5. The van der Waals surface area contributed by atoms with Crippen molar-refractivity contribution in [3.63, 3.8) is 0 Å². The summed E-state index contributed by atoms with van der Waals surface area (Å²) in [6.07, 6.45) is 3.91. The van der Waals surface area contributed by atoms with Crippen LogP contribution in [0.4, 0.5) is 0 Å². The quantitative estimate of drug-likeness (QED) is 0.919. The van der Waals surface area contributed by atoms with Crippen molar-refractivity contribution < 1.29 is 14.3 Å². The van der Waals surface area contributed by atoms with Crippen LogP contribution in [0.2, 0.25) is 0 Å². The Morgan fingerprint density at radius 3 is 2.95 bits per heavy atom. The summed E-state index contributed by atoms with van der Waals surface area (Å²) in [6.45, 7) is 2.63. The molecule has 0 spiro atoms. The summed E-state index contributed by atoms with van der Waals surface area (Å²) < 4.78 is 5.52. The number of carboxylic acid groups (broad SMARTS) is 1. The number of hydrogen-bond donors (Lipinski definition) is 1. The lowest BCUT2D eigenvalue weighted by atomic mass is 9.93. The molecule has 0 radical (unpaired) electrons. The van der Waals surface area contributed by atoms with Crippen molar-refractivity contribution in [1.29, 1.82) is 0 Å². The normalized spacial score (nSPS) is 17.1. The zero-order chi connectivity index (χ0) is 14.7. The highest BCUT2D eigenvalue weighted by Crippen LogP contribution is 2.25. The summed E-state index contributed by atoms with van der Waals surface area (Å²) in [5.74, 6) is 0.309. The minimum absolute atomic E-state index is 0.292. The molecule has 0 unspecified atom stereocenters. The van der Waals surface area contributed by atoms with Crippen LogP contribution in [0.15, 0.2) is 28.2 Å². The van der Waals surface area contributed by atoms with E-state index >= 15 is 0 Å². The number of likely N-dealkylation sites (tertiary alicyclic amines) is 1. The Bertz CT molecular complexity index is 586. The van der Waals surface area contributed by atoms with Crippen LogP contribution >= 0.6 is 11.3 Å². The molecule has 6 heteroatoms. The molecule has 1 aliphatic heterocycles. The summed E-state index contributed by atoms with van der Waals surface area (Å²) in [6, 6.07) is 3.98. The number of nitrogens with zero attached hydrogens (tertiary/aromatic N) is 2. The van der Waals surface area contributed by atoms with Gasteiger partial charge in [0.2, 0.25) is 5.89 Å². The third kappa shape index (κ3) is 3.71. The van der Waals surface area contributed by atoms with Gasteiger partial charge < -0.3 is 9.52 Å². The van der Waals surface area contributed by atoms with Gasteiger partial charge in [-0.2, -0.15) is 0 Å². The predicted molar refractivity (Wildman–Crippen MR) is 80.1 cm³/mol. The lowest BCUT2D eigenvalue weighted by Gasteiger charge is -2.30. The van der Waals surface area contributed by atoms with Crippen LogP contribution in [-0.4, -0.2) is 34.0 Å². The Hall–Kier alpha value is -1.66. The average molecular weight is 306 g/mol.